The lowest BCUT2D eigenvalue weighted by Crippen LogP contribution is -2.49. The second-order valence-corrected chi connectivity index (χ2v) is 6.36. The van der Waals surface area contributed by atoms with Crippen LogP contribution in [-0.4, -0.2) is 36.0 Å². The Kier molecular flexibility index (Phi) is 4.66. The fourth-order valence-corrected chi connectivity index (χ4v) is 2.93. The molecule has 0 aromatic rings. The summed E-state index contributed by atoms with van der Waals surface area (Å²) in [6, 6.07) is 0.832. The number of piperidine rings is 1. The average molecular weight is 252 g/mol. The minimum atomic E-state index is 0.232. The summed E-state index contributed by atoms with van der Waals surface area (Å²) in [6.07, 6.45) is 6.30. The minimum absolute atomic E-state index is 0.232. The van der Waals surface area contributed by atoms with E-state index in [0.29, 0.717) is 23.9 Å². The molecule has 2 atom stereocenters. The van der Waals surface area contributed by atoms with Crippen molar-refractivity contribution in [3.63, 3.8) is 0 Å². The lowest BCUT2D eigenvalue weighted by molar-refractivity contribution is -0.137. The number of hydrogen-bond donors (Lipinski definition) is 1. The average Bonchev–Trinajstić information content (AvgIpc) is 3.19. The summed E-state index contributed by atoms with van der Waals surface area (Å²) in [7, 11) is 0. The van der Waals surface area contributed by atoms with Gasteiger partial charge in [-0.2, -0.15) is 0 Å². The van der Waals surface area contributed by atoms with Crippen molar-refractivity contribution in [2.45, 2.75) is 65.0 Å². The highest BCUT2D eigenvalue weighted by Crippen LogP contribution is 2.37. The largest absolute Gasteiger partial charge is 0.338 e. The summed E-state index contributed by atoms with van der Waals surface area (Å²) in [6.45, 7) is 8.40. The Labute approximate surface area is 111 Å². The third kappa shape index (κ3) is 3.47. The van der Waals surface area contributed by atoms with Gasteiger partial charge in [-0.05, 0) is 52.0 Å². The van der Waals surface area contributed by atoms with Crippen molar-refractivity contribution in [3.05, 3.63) is 0 Å². The maximum atomic E-state index is 12.5. The maximum Gasteiger partial charge on any atom is 0.225 e. The van der Waals surface area contributed by atoms with E-state index in [2.05, 4.69) is 31.0 Å². The fraction of sp³-hybridized carbons (Fsp3) is 0.933. The lowest BCUT2D eigenvalue weighted by atomic mass is 10.0. The first-order valence-electron chi connectivity index (χ1n) is 7.63. The van der Waals surface area contributed by atoms with Gasteiger partial charge in [-0.3, -0.25) is 4.79 Å². The van der Waals surface area contributed by atoms with Crippen LogP contribution >= 0.6 is 0 Å². The molecule has 0 radical (unpaired) electrons. The van der Waals surface area contributed by atoms with Gasteiger partial charge in [0.2, 0.25) is 5.91 Å². The summed E-state index contributed by atoms with van der Waals surface area (Å²) >= 11 is 0. The monoisotopic (exact) mass is 252 g/mol. The Bertz CT molecular complexity index is 280. The molecule has 3 nitrogen and oxygen atoms in total. The van der Waals surface area contributed by atoms with Crippen molar-refractivity contribution < 1.29 is 4.79 Å². The predicted molar refractivity (Wildman–Crippen MR) is 74.4 cm³/mol. The third-order valence-corrected chi connectivity index (χ3v) is 4.45. The Balaban J connectivity index is 1.91. The van der Waals surface area contributed by atoms with Gasteiger partial charge >= 0.3 is 0 Å². The van der Waals surface area contributed by atoms with Gasteiger partial charge in [0.15, 0.2) is 0 Å². The van der Waals surface area contributed by atoms with Crippen molar-refractivity contribution in [1.29, 1.82) is 0 Å². The van der Waals surface area contributed by atoms with Crippen LogP contribution < -0.4 is 5.32 Å². The van der Waals surface area contributed by atoms with Crippen molar-refractivity contribution >= 4 is 5.91 Å². The molecule has 0 aromatic carbocycles. The predicted octanol–water partition coefficient (Wildman–Crippen LogP) is 2.41. The molecule has 0 spiro atoms. The van der Waals surface area contributed by atoms with Crippen LogP contribution in [0.4, 0.5) is 0 Å². The fourth-order valence-electron chi connectivity index (χ4n) is 2.93. The third-order valence-electron chi connectivity index (χ3n) is 4.45. The molecular weight excluding hydrogens is 224 g/mol. The van der Waals surface area contributed by atoms with Crippen LogP contribution in [0.1, 0.15) is 52.9 Å². The quantitative estimate of drug-likeness (QED) is 0.815. The normalized spacial score (nSPS) is 26.1. The Hall–Kier alpha value is -0.570. The zero-order chi connectivity index (χ0) is 13.1. The lowest BCUT2D eigenvalue weighted by Gasteiger charge is -2.35. The Morgan fingerprint density at radius 1 is 1.22 bits per heavy atom. The van der Waals surface area contributed by atoms with E-state index in [1.54, 1.807) is 0 Å². The maximum absolute atomic E-state index is 12.5. The number of carbonyl (C=O) groups excluding carboxylic acids is 1. The number of nitrogens with zero attached hydrogens (tertiary/aromatic N) is 1. The smallest absolute Gasteiger partial charge is 0.225 e. The highest BCUT2D eigenvalue weighted by Gasteiger charge is 2.36. The topological polar surface area (TPSA) is 32.3 Å². The summed E-state index contributed by atoms with van der Waals surface area (Å²) < 4.78 is 0. The van der Waals surface area contributed by atoms with E-state index >= 15 is 0 Å². The van der Waals surface area contributed by atoms with Gasteiger partial charge in [0.05, 0.1) is 0 Å². The molecule has 0 bridgehead atoms. The SMILES string of the molecule is CC(C(=O)N(CC1CCCCN1)C(C)C)C1CC1. The molecule has 2 unspecified atom stereocenters. The molecule has 1 aliphatic carbocycles. The molecule has 2 rings (SSSR count). The highest BCUT2D eigenvalue weighted by atomic mass is 16.2. The van der Waals surface area contributed by atoms with Gasteiger partial charge in [-0.15, -0.1) is 0 Å². The summed E-state index contributed by atoms with van der Waals surface area (Å²) in [4.78, 5) is 14.6. The molecule has 104 valence electrons. The van der Waals surface area contributed by atoms with Gasteiger partial charge in [0, 0.05) is 24.5 Å². The van der Waals surface area contributed by atoms with Crippen molar-refractivity contribution in [2.24, 2.45) is 11.8 Å². The van der Waals surface area contributed by atoms with E-state index in [1.807, 2.05) is 0 Å². The summed E-state index contributed by atoms with van der Waals surface area (Å²) in [5, 5.41) is 3.55. The van der Waals surface area contributed by atoms with Crippen LogP contribution in [0, 0.1) is 11.8 Å². The second kappa shape index (κ2) is 6.05. The molecule has 1 heterocycles. The van der Waals surface area contributed by atoms with Crippen molar-refractivity contribution in [1.82, 2.24) is 10.2 Å². The molecule has 3 heteroatoms. The molecule has 1 aliphatic heterocycles. The van der Waals surface area contributed by atoms with Gasteiger partial charge in [0.1, 0.15) is 0 Å². The molecule has 1 saturated heterocycles. The zero-order valence-electron chi connectivity index (χ0n) is 12.1. The molecule has 2 fully saturated rings. The molecule has 2 aliphatic rings. The standard InChI is InChI=1S/C15H28N2O/c1-11(2)17(10-14-6-4-5-9-16-14)15(18)12(3)13-7-8-13/h11-14,16H,4-10H2,1-3H3. The number of rotatable bonds is 5. The number of carbonyl (C=O) groups is 1. The first-order valence-corrected chi connectivity index (χ1v) is 7.63. The van der Waals surface area contributed by atoms with E-state index in [0.717, 1.165) is 13.1 Å². The molecule has 18 heavy (non-hydrogen) atoms. The van der Waals surface area contributed by atoms with Gasteiger partial charge in [-0.1, -0.05) is 13.3 Å². The van der Waals surface area contributed by atoms with Crippen LogP contribution in [0.5, 0.6) is 0 Å². The number of hydrogen-bond acceptors (Lipinski definition) is 2. The van der Waals surface area contributed by atoms with Crippen LogP contribution in [-0.2, 0) is 4.79 Å². The zero-order valence-corrected chi connectivity index (χ0v) is 12.1. The first-order chi connectivity index (χ1) is 8.59. The van der Waals surface area contributed by atoms with Crippen LogP contribution in [0.15, 0.2) is 0 Å². The van der Waals surface area contributed by atoms with E-state index in [1.165, 1.54) is 32.1 Å². The van der Waals surface area contributed by atoms with Crippen LogP contribution in [0.2, 0.25) is 0 Å². The van der Waals surface area contributed by atoms with Crippen molar-refractivity contribution in [2.75, 3.05) is 13.1 Å². The van der Waals surface area contributed by atoms with E-state index in [-0.39, 0.29) is 5.92 Å². The second-order valence-electron chi connectivity index (χ2n) is 6.36. The Morgan fingerprint density at radius 2 is 1.94 bits per heavy atom. The van der Waals surface area contributed by atoms with Crippen LogP contribution in [0.3, 0.4) is 0 Å². The minimum Gasteiger partial charge on any atom is -0.338 e. The summed E-state index contributed by atoms with van der Waals surface area (Å²) in [5.74, 6) is 1.27. The van der Waals surface area contributed by atoms with E-state index in [4.69, 9.17) is 0 Å². The number of amides is 1. The first kappa shape index (κ1) is 13.9. The highest BCUT2D eigenvalue weighted by molar-refractivity contribution is 5.79. The Morgan fingerprint density at radius 3 is 2.44 bits per heavy atom. The van der Waals surface area contributed by atoms with E-state index in [9.17, 15) is 4.79 Å². The summed E-state index contributed by atoms with van der Waals surface area (Å²) in [5.41, 5.74) is 0. The van der Waals surface area contributed by atoms with Gasteiger partial charge in [-0.25, -0.2) is 0 Å². The molecule has 1 amide bonds. The molecule has 1 N–H and O–H groups in total. The molecule has 1 saturated carbocycles. The van der Waals surface area contributed by atoms with Gasteiger partial charge < -0.3 is 10.2 Å². The molecular formula is C15H28N2O. The molecule has 0 aromatic heterocycles. The van der Waals surface area contributed by atoms with Crippen molar-refractivity contribution in [3.8, 4) is 0 Å². The van der Waals surface area contributed by atoms with Gasteiger partial charge in [0.25, 0.3) is 0 Å². The van der Waals surface area contributed by atoms with Crippen LogP contribution in [0.25, 0.3) is 0 Å². The number of nitrogens with one attached hydrogen (secondary N) is 1. The van der Waals surface area contributed by atoms with E-state index < -0.39 is 0 Å².